The van der Waals surface area contributed by atoms with Crippen LogP contribution in [-0.4, -0.2) is 12.7 Å². The average Bonchev–Trinajstić information content (AvgIpc) is 2.87. The summed E-state index contributed by atoms with van der Waals surface area (Å²) in [5.41, 5.74) is 7.82. The lowest BCUT2D eigenvalue weighted by Crippen LogP contribution is -2.22. The molecule has 1 aliphatic rings. The number of halogens is 1. The molecule has 1 unspecified atom stereocenters. The summed E-state index contributed by atoms with van der Waals surface area (Å²) in [5, 5.41) is 0.740. The van der Waals surface area contributed by atoms with Gasteiger partial charge in [-0.05, 0) is 41.5 Å². The van der Waals surface area contributed by atoms with Crippen LogP contribution in [0.25, 0.3) is 0 Å². The molecular weight excluding hydrogens is 274 g/mol. The highest BCUT2D eigenvalue weighted by Crippen LogP contribution is 2.31. The van der Waals surface area contributed by atoms with E-state index in [1.54, 1.807) is 0 Å². The molecule has 0 aliphatic carbocycles. The second-order valence-electron chi connectivity index (χ2n) is 4.86. The molecule has 0 spiro atoms. The van der Waals surface area contributed by atoms with Crippen LogP contribution in [0.15, 0.2) is 42.5 Å². The van der Waals surface area contributed by atoms with E-state index >= 15 is 0 Å². The van der Waals surface area contributed by atoms with Crippen molar-refractivity contribution in [3.63, 3.8) is 0 Å². The summed E-state index contributed by atoms with van der Waals surface area (Å²) in [6, 6.07) is 13.5. The third-order valence-corrected chi connectivity index (χ3v) is 3.57. The van der Waals surface area contributed by atoms with Gasteiger partial charge in [0.05, 0.1) is 0 Å². The fourth-order valence-corrected chi connectivity index (χ4v) is 2.53. The number of ether oxygens (including phenoxy) is 2. The van der Waals surface area contributed by atoms with Gasteiger partial charge in [-0.2, -0.15) is 0 Å². The van der Waals surface area contributed by atoms with Gasteiger partial charge in [0.15, 0.2) is 0 Å². The van der Waals surface area contributed by atoms with E-state index < -0.39 is 0 Å². The van der Waals surface area contributed by atoms with Crippen LogP contribution in [0.4, 0.5) is 0 Å². The quantitative estimate of drug-likeness (QED) is 0.940. The van der Waals surface area contributed by atoms with Gasteiger partial charge in [-0.3, -0.25) is 0 Å². The Balaban J connectivity index is 1.60. The number of nitrogens with two attached hydrogens (primary N) is 1. The van der Waals surface area contributed by atoms with Crippen molar-refractivity contribution in [1.29, 1.82) is 0 Å². The zero-order valence-corrected chi connectivity index (χ0v) is 11.8. The van der Waals surface area contributed by atoms with E-state index in [1.165, 1.54) is 0 Å². The molecule has 0 saturated heterocycles. The summed E-state index contributed by atoms with van der Waals surface area (Å²) >= 11 is 5.98. The summed E-state index contributed by atoms with van der Waals surface area (Å²) in [5.74, 6) is 1.73. The lowest BCUT2D eigenvalue weighted by molar-refractivity contribution is 0.148. The minimum Gasteiger partial charge on any atom is -0.490 e. The summed E-state index contributed by atoms with van der Waals surface area (Å²) in [4.78, 5) is 0. The van der Waals surface area contributed by atoms with Crippen LogP contribution in [0.5, 0.6) is 11.5 Å². The van der Waals surface area contributed by atoms with Gasteiger partial charge in [0.1, 0.15) is 24.2 Å². The zero-order chi connectivity index (χ0) is 13.9. The van der Waals surface area contributed by atoms with Gasteiger partial charge in [0.25, 0.3) is 0 Å². The molecule has 0 bridgehead atoms. The summed E-state index contributed by atoms with van der Waals surface area (Å²) < 4.78 is 11.6. The van der Waals surface area contributed by atoms with Crippen LogP contribution in [0, 0.1) is 0 Å². The first-order valence-electron chi connectivity index (χ1n) is 6.61. The number of fused-ring (bicyclic) bond motifs is 1. The molecule has 3 rings (SSSR count). The molecule has 1 aliphatic heterocycles. The van der Waals surface area contributed by atoms with Crippen LogP contribution < -0.4 is 15.2 Å². The van der Waals surface area contributed by atoms with Crippen molar-refractivity contribution < 1.29 is 9.47 Å². The normalized spacial score (nSPS) is 16.6. The summed E-state index contributed by atoms with van der Waals surface area (Å²) in [6.07, 6.45) is 0.858. The van der Waals surface area contributed by atoms with Crippen molar-refractivity contribution in [2.24, 2.45) is 5.73 Å². The lowest BCUT2D eigenvalue weighted by Gasteiger charge is -2.12. The molecule has 0 aromatic heterocycles. The van der Waals surface area contributed by atoms with Crippen LogP contribution in [0.3, 0.4) is 0 Å². The molecule has 0 radical (unpaired) electrons. The van der Waals surface area contributed by atoms with Crippen LogP contribution in [0.2, 0.25) is 5.02 Å². The van der Waals surface area contributed by atoms with E-state index in [-0.39, 0.29) is 6.10 Å². The Morgan fingerprint density at radius 2 is 2.15 bits per heavy atom. The van der Waals surface area contributed by atoms with Crippen molar-refractivity contribution >= 4 is 11.6 Å². The van der Waals surface area contributed by atoms with E-state index in [0.29, 0.717) is 13.2 Å². The van der Waals surface area contributed by atoms with Gasteiger partial charge in [0, 0.05) is 18.0 Å². The van der Waals surface area contributed by atoms with Crippen molar-refractivity contribution in [3.05, 3.63) is 58.6 Å². The van der Waals surface area contributed by atoms with Gasteiger partial charge < -0.3 is 15.2 Å². The Labute approximate surface area is 123 Å². The smallest absolute Gasteiger partial charge is 0.137 e. The zero-order valence-electron chi connectivity index (χ0n) is 11.0. The van der Waals surface area contributed by atoms with Crippen molar-refractivity contribution in [3.8, 4) is 11.5 Å². The van der Waals surface area contributed by atoms with E-state index in [4.69, 9.17) is 26.8 Å². The Bertz CT molecular complexity index is 615. The number of hydrogen-bond donors (Lipinski definition) is 1. The Kier molecular flexibility index (Phi) is 3.81. The average molecular weight is 290 g/mol. The molecule has 2 aromatic carbocycles. The van der Waals surface area contributed by atoms with E-state index in [9.17, 15) is 0 Å². The van der Waals surface area contributed by atoms with Gasteiger partial charge >= 0.3 is 0 Å². The molecule has 2 N–H and O–H groups in total. The van der Waals surface area contributed by atoms with Gasteiger partial charge in [0.2, 0.25) is 0 Å². The predicted octanol–water partition coefficient (Wildman–Crippen LogP) is 3.18. The summed E-state index contributed by atoms with van der Waals surface area (Å²) in [7, 11) is 0. The topological polar surface area (TPSA) is 44.5 Å². The van der Waals surface area contributed by atoms with E-state index in [2.05, 4.69) is 0 Å². The highest BCUT2D eigenvalue weighted by molar-refractivity contribution is 6.30. The second-order valence-corrected chi connectivity index (χ2v) is 5.29. The largest absolute Gasteiger partial charge is 0.490 e. The molecule has 1 heterocycles. The molecule has 3 nitrogen and oxygen atoms in total. The van der Waals surface area contributed by atoms with E-state index in [0.717, 1.165) is 34.1 Å². The number of rotatable bonds is 4. The highest BCUT2D eigenvalue weighted by Gasteiger charge is 2.23. The first kappa shape index (κ1) is 13.3. The van der Waals surface area contributed by atoms with Crippen molar-refractivity contribution in [2.75, 3.05) is 6.61 Å². The Hall–Kier alpha value is -1.71. The molecule has 104 valence electrons. The molecule has 2 aromatic rings. The minimum atomic E-state index is 0.0324. The number of benzene rings is 2. The van der Waals surface area contributed by atoms with Gasteiger partial charge in [-0.25, -0.2) is 0 Å². The molecule has 0 fully saturated rings. The fraction of sp³-hybridized carbons (Fsp3) is 0.250. The molecule has 20 heavy (non-hydrogen) atoms. The summed E-state index contributed by atoms with van der Waals surface area (Å²) in [6.45, 7) is 1.03. The standard InChI is InChI=1S/C16H16ClNO2/c17-13-4-5-16-12(7-13)8-15(20-16)10-19-14-3-1-2-11(6-14)9-18/h1-7,15H,8-10,18H2. The molecule has 0 amide bonds. The molecular formula is C16H16ClNO2. The van der Waals surface area contributed by atoms with Crippen LogP contribution in [-0.2, 0) is 13.0 Å². The maximum absolute atomic E-state index is 5.98. The van der Waals surface area contributed by atoms with Crippen molar-refractivity contribution in [2.45, 2.75) is 19.1 Å². The second kappa shape index (κ2) is 5.73. The number of hydrogen-bond acceptors (Lipinski definition) is 3. The minimum absolute atomic E-state index is 0.0324. The van der Waals surface area contributed by atoms with E-state index in [1.807, 2.05) is 42.5 Å². The molecule has 1 atom stereocenters. The molecule has 4 heteroatoms. The maximum Gasteiger partial charge on any atom is 0.137 e. The maximum atomic E-state index is 5.98. The SMILES string of the molecule is NCc1cccc(OCC2Cc3cc(Cl)ccc3O2)c1. The lowest BCUT2D eigenvalue weighted by atomic mass is 10.1. The monoisotopic (exact) mass is 289 g/mol. The van der Waals surface area contributed by atoms with Crippen molar-refractivity contribution in [1.82, 2.24) is 0 Å². The Morgan fingerprint density at radius 1 is 1.25 bits per heavy atom. The molecule has 0 saturated carbocycles. The third kappa shape index (κ3) is 2.89. The predicted molar refractivity (Wildman–Crippen MR) is 79.4 cm³/mol. The van der Waals surface area contributed by atoms with Gasteiger partial charge in [-0.15, -0.1) is 0 Å². The van der Waals surface area contributed by atoms with Crippen LogP contribution in [0.1, 0.15) is 11.1 Å². The fourth-order valence-electron chi connectivity index (χ4n) is 2.33. The third-order valence-electron chi connectivity index (χ3n) is 3.33. The highest BCUT2D eigenvalue weighted by atomic mass is 35.5. The van der Waals surface area contributed by atoms with Gasteiger partial charge in [-0.1, -0.05) is 23.7 Å². The van der Waals surface area contributed by atoms with Crippen LogP contribution >= 0.6 is 11.6 Å². The Morgan fingerprint density at radius 3 is 3.00 bits per heavy atom. The first-order valence-corrected chi connectivity index (χ1v) is 6.99. The first-order chi connectivity index (χ1) is 9.74.